The molecule has 2 saturated carbocycles. The van der Waals surface area contributed by atoms with Crippen molar-refractivity contribution in [2.24, 2.45) is 0 Å². The Hall–Kier alpha value is -3.14. The zero-order chi connectivity index (χ0) is 37.6. The predicted molar refractivity (Wildman–Crippen MR) is 198 cm³/mol. The van der Waals surface area contributed by atoms with Gasteiger partial charge >= 0.3 is 0 Å². The van der Waals surface area contributed by atoms with Gasteiger partial charge in [0.1, 0.15) is 33.9 Å². The normalized spacial score (nSPS) is 18.2. The molecule has 2 fully saturated rings. The first-order valence-corrected chi connectivity index (χ1v) is 20.2. The fourth-order valence-electron chi connectivity index (χ4n) is 6.35. The minimum absolute atomic E-state index is 0.0303. The minimum Gasteiger partial charge on any atom is -0.490 e. The number of hydrogen-bond acceptors (Lipinski definition) is 11. The molecule has 2 aliphatic carbocycles. The number of amides is 1. The van der Waals surface area contributed by atoms with Gasteiger partial charge in [-0.3, -0.25) is 9.78 Å². The van der Waals surface area contributed by atoms with Crippen LogP contribution in [0.4, 0.5) is 0 Å². The maximum Gasteiger partial charge on any atom is 0.254 e. The van der Waals surface area contributed by atoms with Crippen LogP contribution in [0.15, 0.2) is 60.9 Å². The molecule has 6 N–H and O–H groups in total. The molecule has 1 aromatic heterocycles. The molecule has 2 aliphatic rings. The van der Waals surface area contributed by atoms with Crippen LogP contribution in [-0.2, 0) is 26.7 Å². The van der Waals surface area contributed by atoms with E-state index in [2.05, 4.69) is 22.4 Å². The molecule has 0 radical (unpaired) electrons. The maximum absolute atomic E-state index is 13.1. The van der Waals surface area contributed by atoms with Gasteiger partial charge in [0, 0.05) is 54.4 Å². The van der Waals surface area contributed by atoms with E-state index in [4.69, 9.17) is 21.4 Å². The molecule has 5 rings (SSSR count). The Labute approximate surface area is 310 Å². The van der Waals surface area contributed by atoms with Gasteiger partial charge in [-0.05, 0) is 84.9 Å². The molecule has 284 valence electrons. The monoisotopic (exact) mass is 759 g/mol. The number of nitrogens with zero attached hydrogens (tertiary/aromatic N) is 2. The summed E-state index contributed by atoms with van der Waals surface area (Å²) >= 11 is 6.70. The second kappa shape index (κ2) is 17.3. The quantitative estimate of drug-likeness (QED) is 0.0994. The van der Waals surface area contributed by atoms with Crippen molar-refractivity contribution in [3.63, 3.8) is 0 Å². The van der Waals surface area contributed by atoms with Crippen LogP contribution in [0.5, 0.6) is 5.75 Å². The minimum atomic E-state index is -3.46. The van der Waals surface area contributed by atoms with Gasteiger partial charge in [-0.1, -0.05) is 48.9 Å². The molecule has 2 aromatic carbocycles. The number of carbonyl (C=O) groups excluding carboxylic acids is 1. The molecule has 0 aliphatic heterocycles. The Balaban J connectivity index is 1.23. The number of para-hydroxylation sites is 1. The van der Waals surface area contributed by atoms with Crippen molar-refractivity contribution in [1.82, 2.24) is 15.2 Å². The summed E-state index contributed by atoms with van der Waals surface area (Å²) in [6.45, 7) is 1.52. The summed E-state index contributed by atoms with van der Waals surface area (Å²) in [5, 5.41) is 53.9. The second-order valence-electron chi connectivity index (χ2n) is 14.2. The first kappa shape index (κ1) is 40.1. The Morgan fingerprint density at radius 2 is 1.79 bits per heavy atom. The van der Waals surface area contributed by atoms with E-state index < -0.39 is 46.8 Å². The molecule has 0 bridgehead atoms. The predicted octanol–water partition coefficient (Wildman–Crippen LogP) is 2.91. The molecule has 3 aromatic rings. The highest BCUT2D eigenvalue weighted by atomic mass is 35.5. The SMILES string of the molecule is CC(CCCN(CCS(C)(=O)=O)C(=O)C(O)C(O)C(O)C(O)CO)c1ccc(Cl)c(CNC2(c3cnccc3-c3ccccc3OC3CC3)CC2)c1. The van der Waals surface area contributed by atoms with Crippen LogP contribution in [0.2, 0.25) is 5.02 Å². The van der Waals surface area contributed by atoms with Gasteiger partial charge in [0.25, 0.3) is 5.91 Å². The lowest BCUT2D eigenvalue weighted by molar-refractivity contribution is -0.158. The lowest BCUT2D eigenvalue weighted by atomic mass is 9.93. The van der Waals surface area contributed by atoms with Crippen LogP contribution in [0.1, 0.15) is 68.1 Å². The number of hydrogen-bond donors (Lipinski definition) is 6. The molecular weight excluding hydrogens is 710 g/mol. The summed E-state index contributed by atoms with van der Waals surface area (Å²) in [5.74, 6) is -0.443. The first-order chi connectivity index (χ1) is 24.7. The molecule has 12 nitrogen and oxygen atoms in total. The maximum atomic E-state index is 13.1. The Bertz CT molecular complexity index is 1790. The number of nitrogens with one attached hydrogen (secondary N) is 1. The third-order valence-corrected chi connectivity index (χ3v) is 11.2. The zero-order valence-corrected chi connectivity index (χ0v) is 31.1. The van der Waals surface area contributed by atoms with Gasteiger partial charge in [0.05, 0.1) is 18.5 Å². The lowest BCUT2D eigenvalue weighted by Gasteiger charge is -2.30. The lowest BCUT2D eigenvalue weighted by Crippen LogP contribution is -2.53. The number of carbonyl (C=O) groups is 1. The summed E-state index contributed by atoms with van der Waals surface area (Å²) in [4.78, 5) is 18.7. The number of aromatic nitrogens is 1. The van der Waals surface area contributed by atoms with Crippen molar-refractivity contribution < 1.29 is 43.5 Å². The topological polar surface area (TPSA) is 190 Å². The van der Waals surface area contributed by atoms with Gasteiger partial charge in [-0.2, -0.15) is 0 Å². The number of benzene rings is 2. The highest BCUT2D eigenvalue weighted by Crippen LogP contribution is 2.50. The number of rotatable bonds is 20. The van der Waals surface area contributed by atoms with E-state index in [1.807, 2.05) is 55.7 Å². The summed E-state index contributed by atoms with van der Waals surface area (Å²) in [6, 6.07) is 16.1. The number of pyridine rings is 1. The summed E-state index contributed by atoms with van der Waals surface area (Å²) < 4.78 is 30.0. The number of aliphatic hydroxyl groups excluding tert-OH is 5. The van der Waals surface area contributed by atoms with E-state index in [0.717, 1.165) is 70.4 Å². The molecule has 5 atom stereocenters. The standard InChI is InChI=1S/C38H50ClN3O9S/c1-24(6-5-17-42(18-19-52(2,49)50)37(48)36(47)35(46)34(45)32(44)23-43)25-9-12-31(39)26(20-25)21-41-38(14-15-38)30-22-40-16-13-28(30)29-7-3-4-8-33(29)51-27-10-11-27/h3-4,7-9,12-13,16,20,22,24,27,32,34-36,41,43-47H,5-6,10-11,14-15,17-19,21,23H2,1-2H3. The fraction of sp³-hybridized carbons (Fsp3) is 0.526. The van der Waals surface area contributed by atoms with Crippen LogP contribution in [-0.4, -0.2) is 112 Å². The molecule has 1 amide bonds. The van der Waals surface area contributed by atoms with Crippen molar-refractivity contribution in [1.29, 1.82) is 0 Å². The van der Waals surface area contributed by atoms with E-state index in [9.17, 15) is 33.6 Å². The largest absolute Gasteiger partial charge is 0.490 e. The molecule has 0 saturated heterocycles. The smallest absolute Gasteiger partial charge is 0.254 e. The Morgan fingerprint density at radius 1 is 1.06 bits per heavy atom. The van der Waals surface area contributed by atoms with Gasteiger partial charge in [0.15, 0.2) is 6.10 Å². The number of aliphatic hydroxyl groups is 5. The van der Waals surface area contributed by atoms with Gasteiger partial charge in [-0.25, -0.2) is 8.42 Å². The third-order valence-electron chi connectivity index (χ3n) is 9.95. The summed E-state index contributed by atoms with van der Waals surface area (Å²) in [6.07, 6.45) is 2.16. The third kappa shape index (κ3) is 10.3. The van der Waals surface area contributed by atoms with Crippen molar-refractivity contribution in [2.75, 3.05) is 31.7 Å². The van der Waals surface area contributed by atoms with Crippen LogP contribution >= 0.6 is 11.6 Å². The van der Waals surface area contributed by atoms with Crippen LogP contribution in [0.25, 0.3) is 11.1 Å². The molecule has 14 heteroatoms. The number of ether oxygens (including phenoxy) is 1. The molecule has 0 spiro atoms. The highest BCUT2D eigenvalue weighted by molar-refractivity contribution is 7.90. The zero-order valence-electron chi connectivity index (χ0n) is 29.6. The molecular formula is C38H50ClN3O9S. The van der Waals surface area contributed by atoms with E-state index in [1.54, 1.807) is 0 Å². The van der Waals surface area contributed by atoms with Gasteiger partial charge < -0.3 is 40.5 Å². The van der Waals surface area contributed by atoms with E-state index in [-0.39, 0.29) is 36.4 Å². The number of sulfone groups is 1. The van der Waals surface area contributed by atoms with Crippen LogP contribution in [0.3, 0.4) is 0 Å². The van der Waals surface area contributed by atoms with Gasteiger partial charge in [-0.15, -0.1) is 0 Å². The Morgan fingerprint density at radius 3 is 2.46 bits per heavy atom. The fourth-order valence-corrected chi connectivity index (χ4v) is 7.09. The average Bonchev–Trinajstić information content (AvgIpc) is 4.08. The van der Waals surface area contributed by atoms with Crippen LogP contribution in [0, 0.1) is 0 Å². The summed E-state index contributed by atoms with van der Waals surface area (Å²) in [5.41, 5.74) is 4.97. The van der Waals surface area contributed by atoms with Crippen molar-refractivity contribution >= 4 is 27.3 Å². The van der Waals surface area contributed by atoms with Crippen molar-refractivity contribution in [3.8, 4) is 16.9 Å². The highest BCUT2D eigenvalue weighted by Gasteiger charge is 2.46. The van der Waals surface area contributed by atoms with Crippen molar-refractivity contribution in [2.45, 2.75) is 94.0 Å². The van der Waals surface area contributed by atoms with E-state index >= 15 is 0 Å². The number of halogens is 1. The van der Waals surface area contributed by atoms with Crippen molar-refractivity contribution in [3.05, 3.63) is 82.6 Å². The van der Waals surface area contributed by atoms with Gasteiger partial charge in [0.2, 0.25) is 0 Å². The molecule has 52 heavy (non-hydrogen) atoms. The Kier molecular flexibility index (Phi) is 13.4. The van der Waals surface area contributed by atoms with E-state index in [1.165, 1.54) is 0 Å². The first-order valence-electron chi connectivity index (χ1n) is 17.8. The molecule has 1 heterocycles. The van der Waals surface area contributed by atoms with Crippen LogP contribution < -0.4 is 10.1 Å². The second-order valence-corrected chi connectivity index (χ2v) is 16.9. The molecule has 5 unspecified atom stereocenters. The van der Waals surface area contributed by atoms with E-state index in [0.29, 0.717) is 24.4 Å². The average molecular weight is 760 g/mol. The summed E-state index contributed by atoms with van der Waals surface area (Å²) in [7, 11) is -3.46.